The summed E-state index contributed by atoms with van der Waals surface area (Å²) in [6.07, 6.45) is 2.09. The largest absolute Gasteiger partial charge is 0.369 e. The van der Waals surface area contributed by atoms with Gasteiger partial charge in [-0.15, -0.1) is 11.3 Å². The highest BCUT2D eigenvalue weighted by Crippen LogP contribution is 2.27. The molecule has 0 aliphatic carbocycles. The van der Waals surface area contributed by atoms with E-state index in [1.807, 2.05) is 37.3 Å². The number of benzene rings is 2. The van der Waals surface area contributed by atoms with Gasteiger partial charge in [-0.1, -0.05) is 42.5 Å². The van der Waals surface area contributed by atoms with Crippen molar-refractivity contribution in [3.8, 4) is 10.6 Å². The van der Waals surface area contributed by atoms with Gasteiger partial charge in [-0.3, -0.25) is 9.69 Å². The minimum Gasteiger partial charge on any atom is -0.369 e. The lowest BCUT2D eigenvalue weighted by atomic mass is 10.2. The number of carbonyl (C=O) groups excluding carboxylic acids is 1. The predicted octanol–water partition coefficient (Wildman–Crippen LogP) is 4.76. The van der Waals surface area contributed by atoms with E-state index in [2.05, 4.69) is 51.3 Å². The summed E-state index contributed by atoms with van der Waals surface area (Å²) in [6.45, 7) is 10.2. The molecule has 1 amide bonds. The van der Waals surface area contributed by atoms with Crippen molar-refractivity contribution >= 4 is 22.9 Å². The Balaban J connectivity index is 1.16. The average Bonchev–Trinajstić information content (AvgIpc) is 3.21. The second kappa shape index (κ2) is 10.7. The minimum atomic E-state index is -0.00560. The van der Waals surface area contributed by atoms with Crippen LogP contribution >= 0.6 is 11.3 Å². The molecule has 1 saturated heterocycles. The number of unbranched alkanes of at least 4 members (excludes halogenated alkanes) is 1. The van der Waals surface area contributed by atoms with E-state index >= 15 is 0 Å². The Hall–Kier alpha value is -2.70. The summed E-state index contributed by atoms with van der Waals surface area (Å²) < 4.78 is 0. The lowest BCUT2D eigenvalue weighted by Gasteiger charge is -2.36. The molecule has 1 aromatic heterocycles. The summed E-state index contributed by atoms with van der Waals surface area (Å²) in [7, 11) is 0. The highest BCUT2D eigenvalue weighted by molar-refractivity contribution is 7.17. The fraction of sp³-hybridized carbons (Fsp3) is 0.385. The number of carbonyl (C=O) groups is 1. The van der Waals surface area contributed by atoms with Gasteiger partial charge in [-0.05, 0) is 50.9 Å². The van der Waals surface area contributed by atoms with Crippen LogP contribution in [0.15, 0.2) is 54.6 Å². The Morgan fingerprint density at radius 3 is 2.53 bits per heavy atom. The van der Waals surface area contributed by atoms with Crippen LogP contribution in [0.5, 0.6) is 0 Å². The number of hydrogen-bond donors (Lipinski definition) is 1. The van der Waals surface area contributed by atoms with Gasteiger partial charge < -0.3 is 10.2 Å². The molecule has 5 nitrogen and oxygen atoms in total. The molecule has 1 aliphatic heterocycles. The van der Waals surface area contributed by atoms with E-state index in [0.29, 0.717) is 6.54 Å². The van der Waals surface area contributed by atoms with Crippen molar-refractivity contribution in [2.24, 2.45) is 0 Å². The summed E-state index contributed by atoms with van der Waals surface area (Å²) in [4.78, 5) is 22.9. The minimum absolute atomic E-state index is 0.00560. The normalized spacial score (nSPS) is 14.5. The van der Waals surface area contributed by atoms with Crippen molar-refractivity contribution in [2.45, 2.75) is 26.7 Å². The van der Waals surface area contributed by atoms with Crippen LogP contribution < -0.4 is 10.2 Å². The molecule has 0 spiro atoms. The van der Waals surface area contributed by atoms with E-state index in [0.717, 1.165) is 66.7 Å². The van der Waals surface area contributed by atoms with Gasteiger partial charge in [0, 0.05) is 44.0 Å². The summed E-state index contributed by atoms with van der Waals surface area (Å²) in [5.74, 6) is -0.00560. The number of piperazine rings is 1. The maximum absolute atomic E-state index is 12.6. The maximum Gasteiger partial charge on any atom is 0.263 e. The number of anilines is 1. The molecule has 32 heavy (non-hydrogen) atoms. The third-order valence-electron chi connectivity index (χ3n) is 5.95. The zero-order chi connectivity index (χ0) is 22.3. The molecule has 2 heterocycles. The molecular weight excluding hydrogens is 416 g/mol. The number of rotatable bonds is 8. The van der Waals surface area contributed by atoms with Crippen LogP contribution in [-0.2, 0) is 0 Å². The number of hydrogen-bond acceptors (Lipinski definition) is 5. The highest BCUT2D eigenvalue weighted by atomic mass is 32.1. The highest BCUT2D eigenvalue weighted by Gasteiger charge is 2.18. The monoisotopic (exact) mass is 448 g/mol. The van der Waals surface area contributed by atoms with Gasteiger partial charge in [0.25, 0.3) is 5.91 Å². The number of nitrogens with zero attached hydrogens (tertiary/aromatic N) is 3. The van der Waals surface area contributed by atoms with Crippen LogP contribution in [-0.4, -0.2) is 55.1 Å². The number of aryl methyl sites for hydroxylation is 2. The molecule has 4 rings (SSSR count). The predicted molar refractivity (Wildman–Crippen MR) is 134 cm³/mol. The van der Waals surface area contributed by atoms with Crippen molar-refractivity contribution < 1.29 is 4.79 Å². The van der Waals surface area contributed by atoms with Gasteiger partial charge >= 0.3 is 0 Å². The summed E-state index contributed by atoms with van der Waals surface area (Å²) in [5, 5.41) is 3.98. The fourth-order valence-corrected chi connectivity index (χ4v) is 5.10. The lowest BCUT2D eigenvalue weighted by Crippen LogP contribution is -2.46. The molecule has 0 bridgehead atoms. The maximum atomic E-state index is 12.6. The molecule has 3 aromatic rings. The Labute approximate surface area is 195 Å². The van der Waals surface area contributed by atoms with Crippen molar-refractivity contribution in [1.29, 1.82) is 0 Å². The van der Waals surface area contributed by atoms with Crippen molar-refractivity contribution in [2.75, 3.05) is 44.2 Å². The zero-order valence-corrected chi connectivity index (χ0v) is 19.8. The van der Waals surface area contributed by atoms with Gasteiger partial charge in [-0.2, -0.15) is 0 Å². The first kappa shape index (κ1) is 22.5. The molecule has 0 unspecified atom stereocenters. The lowest BCUT2D eigenvalue weighted by molar-refractivity contribution is 0.0955. The van der Waals surface area contributed by atoms with E-state index in [4.69, 9.17) is 0 Å². The second-order valence-electron chi connectivity index (χ2n) is 8.43. The number of aromatic nitrogens is 1. The zero-order valence-electron chi connectivity index (χ0n) is 19.0. The Bertz CT molecular complexity index is 1030. The Morgan fingerprint density at radius 1 is 1.00 bits per heavy atom. The molecule has 0 atom stereocenters. The molecule has 1 aliphatic rings. The van der Waals surface area contributed by atoms with E-state index in [9.17, 15) is 4.79 Å². The quantitative estimate of drug-likeness (QED) is 0.505. The van der Waals surface area contributed by atoms with E-state index in [-0.39, 0.29) is 5.91 Å². The first-order valence-electron chi connectivity index (χ1n) is 11.4. The molecular formula is C26H32N4OS. The topological polar surface area (TPSA) is 48.5 Å². The summed E-state index contributed by atoms with van der Waals surface area (Å²) in [6, 6.07) is 18.8. The molecule has 1 fully saturated rings. The van der Waals surface area contributed by atoms with Gasteiger partial charge in [0.05, 0.1) is 5.69 Å². The molecule has 6 heteroatoms. The SMILES string of the molecule is Cc1cccc(N2CCN(CCCCNC(=O)c3sc(-c4ccccc4)nc3C)CC2)c1. The Kier molecular flexibility index (Phi) is 7.55. The molecule has 2 aromatic carbocycles. The Morgan fingerprint density at radius 2 is 1.78 bits per heavy atom. The van der Waals surface area contributed by atoms with Crippen molar-refractivity contribution in [3.05, 3.63) is 70.7 Å². The van der Waals surface area contributed by atoms with Crippen LogP contribution in [0.3, 0.4) is 0 Å². The van der Waals surface area contributed by atoms with Crippen LogP contribution in [0.1, 0.15) is 33.8 Å². The van der Waals surface area contributed by atoms with Gasteiger partial charge in [0.2, 0.25) is 0 Å². The van der Waals surface area contributed by atoms with E-state index in [1.165, 1.54) is 22.6 Å². The van der Waals surface area contributed by atoms with Gasteiger partial charge in [0.15, 0.2) is 0 Å². The standard InChI is InChI=1S/C26H32N4OS/c1-20-9-8-12-23(19-20)30-17-15-29(16-18-30)14-7-6-13-27-25(31)24-21(2)28-26(32-24)22-10-4-3-5-11-22/h3-5,8-12,19H,6-7,13-18H2,1-2H3,(H,27,31). The smallest absolute Gasteiger partial charge is 0.263 e. The first-order chi connectivity index (χ1) is 15.6. The number of amides is 1. The van der Waals surface area contributed by atoms with E-state index < -0.39 is 0 Å². The molecule has 0 radical (unpaired) electrons. The molecule has 168 valence electrons. The average molecular weight is 449 g/mol. The van der Waals surface area contributed by atoms with Crippen molar-refractivity contribution in [1.82, 2.24) is 15.2 Å². The second-order valence-corrected chi connectivity index (χ2v) is 9.43. The molecule has 0 saturated carbocycles. The van der Waals surface area contributed by atoms with Crippen LogP contribution in [0.2, 0.25) is 0 Å². The van der Waals surface area contributed by atoms with Crippen LogP contribution in [0.4, 0.5) is 5.69 Å². The third-order valence-corrected chi connectivity index (χ3v) is 7.15. The number of nitrogens with one attached hydrogen (secondary N) is 1. The van der Waals surface area contributed by atoms with Gasteiger partial charge in [0.1, 0.15) is 9.88 Å². The summed E-state index contributed by atoms with van der Waals surface area (Å²) >= 11 is 1.47. The van der Waals surface area contributed by atoms with Crippen LogP contribution in [0.25, 0.3) is 10.6 Å². The molecule has 1 N–H and O–H groups in total. The van der Waals surface area contributed by atoms with Crippen molar-refractivity contribution in [3.63, 3.8) is 0 Å². The first-order valence-corrected chi connectivity index (χ1v) is 12.3. The summed E-state index contributed by atoms with van der Waals surface area (Å²) in [5.41, 5.74) is 4.51. The van der Waals surface area contributed by atoms with Gasteiger partial charge in [-0.25, -0.2) is 4.98 Å². The van der Waals surface area contributed by atoms with Crippen LogP contribution in [0, 0.1) is 13.8 Å². The van der Waals surface area contributed by atoms with E-state index in [1.54, 1.807) is 0 Å². The fourth-order valence-electron chi connectivity index (χ4n) is 4.11. The number of thiazole rings is 1. The third kappa shape index (κ3) is 5.75.